The second kappa shape index (κ2) is 5.62. The van der Waals surface area contributed by atoms with Crippen molar-refractivity contribution in [2.45, 2.75) is 45.1 Å². The van der Waals surface area contributed by atoms with Crippen LogP contribution < -0.4 is 10.1 Å². The smallest absolute Gasteiger partial charge is 0.123 e. The summed E-state index contributed by atoms with van der Waals surface area (Å²) in [7, 11) is 0. The number of hydrogen-bond donors (Lipinski definition) is 1. The normalized spacial score (nSPS) is 17.8. The SMILES string of the molecule is CC(C)(C)c1cc(Br)ccc1OC1CCNCC1. The van der Waals surface area contributed by atoms with Crippen LogP contribution in [0.2, 0.25) is 0 Å². The fraction of sp³-hybridized carbons (Fsp3) is 0.600. The Morgan fingerprint density at radius 1 is 1.22 bits per heavy atom. The molecule has 0 saturated carbocycles. The van der Waals surface area contributed by atoms with Gasteiger partial charge in [-0.1, -0.05) is 36.7 Å². The zero-order valence-electron chi connectivity index (χ0n) is 11.4. The molecule has 0 amide bonds. The van der Waals surface area contributed by atoms with E-state index >= 15 is 0 Å². The maximum atomic E-state index is 6.21. The third-order valence-electron chi connectivity index (χ3n) is 3.33. The van der Waals surface area contributed by atoms with E-state index in [-0.39, 0.29) is 5.41 Å². The van der Waals surface area contributed by atoms with E-state index in [9.17, 15) is 0 Å². The molecule has 1 fully saturated rings. The highest BCUT2D eigenvalue weighted by Gasteiger charge is 2.22. The minimum absolute atomic E-state index is 0.103. The Balaban J connectivity index is 2.21. The summed E-state index contributed by atoms with van der Waals surface area (Å²) in [5.41, 5.74) is 1.38. The van der Waals surface area contributed by atoms with Crippen molar-refractivity contribution < 1.29 is 4.74 Å². The Bertz CT molecular complexity index is 405. The maximum Gasteiger partial charge on any atom is 0.123 e. The molecule has 1 aliphatic rings. The molecule has 0 spiro atoms. The van der Waals surface area contributed by atoms with Crippen molar-refractivity contribution in [1.82, 2.24) is 5.32 Å². The highest BCUT2D eigenvalue weighted by atomic mass is 79.9. The van der Waals surface area contributed by atoms with Crippen molar-refractivity contribution in [3.8, 4) is 5.75 Å². The summed E-state index contributed by atoms with van der Waals surface area (Å²) in [5, 5.41) is 3.37. The van der Waals surface area contributed by atoms with E-state index in [0.29, 0.717) is 6.10 Å². The molecule has 0 radical (unpaired) electrons. The second-order valence-corrected chi connectivity index (χ2v) is 6.87. The molecule has 0 unspecified atom stereocenters. The van der Waals surface area contributed by atoms with Crippen LogP contribution in [-0.4, -0.2) is 19.2 Å². The lowest BCUT2D eigenvalue weighted by atomic mass is 9.86. The number of piperidine rings is 1. The first kappa shape index (κ1) is 13.9. The Kier molecular flexibility index (Phi) is 4.33. The van der Waals surface area contributed by atoms with Gasteiger partial charge in [0.05, 0.1) is 0 Å². The molecule has 18 heavy (non-hydrogen) atoms. The predicted octanol–water partition coefficient (Wildman–Crippen LogP) is 3.88. The van der Waals surface area contributed by atoms with E-state index in [4.69, 9.17) is 4.74 Å². The summed E-state index contributed by atoms with van der Waals surface area (Å²) in [6.45, 7) is 8.80. The van der Waals surface area contributed by atoms with Crippen molar-refractivity contribution in [1.29, 1.82) is 0 Å². The predicted molar refractivity (Wildman–Crippen MR) is 79.4 cm³/mol. The van der Waals surface area contributed by atoms with Crippen LogP contribution in [0.1, 0.15) is 39.2 Å². The fourth-order valence-corrected chi connectivity index (χ4v) is 2.65. The first-order chi connectivity index (χ1) is 8.47. The summed E-state index contributed by atoms with van der Waals surface area (Å²) < 4.78 is 7.32. The van der Waals surface area contributed by atoms with E-state index in [1.165, 1.54) is 5.56 Å². The quantitative estimate of drug-likeness (QED) is 0.895. The molecule has 0 atom stereocenters. The van der Waals surface area contributed by atoms with Crippen LogP contribution in [0.4, 0.5) is 0 Å². The van der Waals surface area contributed by atoms with E-state index in [0.717, 1.165) is 36.2 Å². The molecule has 100 valence electrons. The van der Waals surface area contributed by atoms with Gasteiger partial charge in [0, 0.05) is 10.0 Å². The Morgan fingerprint density at radius 3 is 2.50 bits per heavy atom. The summed E-state index contributed by atoms with van der Waals surface area (Å²) in [4.78, 5) is 0. The standard InChI is InChI=1S/C15H22BrNO/c1-15(2,3)13-10-11(16)4-5-14(13)18-12-6-8-17-9-7-12/h4-5,10,12,17H,6-9H2,1-3H3. The van der Waals surface area contributed by atoms with Gasteiger partial charge in [-0.05, 0) is 49.5 Å². The summed E-state index contributed by atoms with van der Waals surface area (Å²) in [6.07, 6.45) is 2.55. The molecule has 0 aliphatic carbocycles. The maximum absolute atomic E-state index is 6.21. The summed E-state index contributed by atoms with van der Waals surface area (Å²) in [6, 6.07) is 6.33. The first-order valence-electron chi connectivity index (χ1n) is 6.64. The molecule has 1 aromatic rings. The lowest BCUT2D eigenvalue weighted by molar-refractivity contribution is 0.159. The van der Waals surface area contributed by atoms with Crippen LogP contribution >= 0.6 is 15.9 Å². The molecule has 1 saturated heterocycles. The van der Waals surface area contributed by atoms with E-state index in [2.05, 4.69) is 60.2 Å². The van der Waals surface area contributed by atoms with Gasteiger partial charge < -0.3 is 10.1 Å². The summed E-state index contributed by atoms with van der Waals surface area (Å²) >= 11 is 3.55. The van der Waals surface area contributed by atoms with Crippen LogP contribution in [0.5, 0.6) is 5.75 Å². The van der Waals surface area contributed by atoms with Crippen molar-refractivity contribution in [3.63, 3.8) is 0 Å². The molecule has 0 aromatic heterocycles. The number of hydrogen-bond acceptors (Lipinski definition) is 2. The van der Waals surface area contributed by atoms with Crippen LogP contribution in [0, 0.1) is 0 Å². The average Bonchev–Trinajstić information content (AvgIpc) is 2.31. The van der Waals surface area contributed by atoms with Crippen molar-refractivity contribution in [3.05, 3.63) is 28.2 Å². The highest BCUT2D eigenvalue weighted by Crippen LogP contribution is 2.34. The number of benzene rings is 1. The number of halogens is 1. The fourth-order valence-electron chi connectivity index (χ4n) is 2.28. The highest BCUT2D eigenvalue weighted by molar-refractivity contribution is 9.10. The number of nitrogens with one attached hydrogen (secondary N) is 1. The minimum atomic E-state index is 0.103. The van der Waals surface area contributed by atoms with Gasteiger partial charge in [-0.2, -0.15) is 0 Å². The third-order valence-corrected chi connectivity index (χ3v) is 3.82. The lowest BCUT2D eigenvalue weighted by Crippen LogP contribution is -2.34. The van der Waals surface area contributed by atoms with Gasteiger partial charge in [-0.15, -0.1) is 0 Å². The molecule has 1 aromatic carbocycles. The molecule has 1 heterocycles. The third kappa shape index (κ3) is 3.48. The lowest BCUT2D eigenvalue weighted by Gasteiger charge is -2.28. The van der Waals surface area contributed by atoms with Gasteiger partial charge in [0.25, 0.3) is 0 Å². The summed E-state index contributed by atoms with van der Waals surface area (Å²) in [5.74, 6) is 1.04. The molecule has 2 nitrogen and oxygen atoms in total. The molecular formula is C15H22BrNO. The van der Waals surface area contributed by atoms with E-state index in [1.54, 1.807) is 0 Å². The Morgan fingerprint density at radius 2 is 1.89 bits per heavy atom. The molecular weight excluding hydrogens is 290 g/mol. The Hall–Kier alpha value is -0.540. The van der Waals surface area contributed by atoms with Gasteiger partial charge in [0.2, 0.25) is 0 Å². The number of ether oxygens (including phenoxy) is 1. The number of rotatable bonds is 2. The van der Waals surface area contributed by atoms with Crippen LogP contribution in [0.15, 0.2) is 22.7 Å². The molecule has 1 N–H and O–H groups in total. The molecule has 3 heteroatoms. The Labute approximate surface area is 118 Å². The average molecular weight is 312 g/mol. The van der Waals surface area contributed by atoms with Crippen molar-refractivity contribution in [2.75, 3.05) is 13.1 Å². The second-order valence-electron chi connectivity index (χ2n) is 5.96. The zero-order chi connectivity index (χ0) is 13.2. The zero-order valence-corrected chi connectivity index (χ0v) is 13.0. The van der Waals surface area contributed by atoms with Crippen LogP contribution in [0.3, 0.4) is 0 Å². The first-order valence-corrected chi connectivity index (χ1v) is 7.43. The molecule has 1 aliphatic heterocycles. The van der Waals surface area contributed by atoms with Gasteiger partial charge in [0.15, 0.2) is 0 Å². The van der Waals surface area contributed by atoms with Gasteiger partial charge in [-0.25, -0.2) is 0 Å². The van der Waals surface area contributed by atoms with Crippen LogP contribution in [0.25, 0.3) is 0 Å². The van der Waals surface area contributed by atoms with Gasteiger partial charge in [0.1, 0.15) is 11.9 Å². The van der Waals surface area contributed by atoms with Gasteiger partial charge >= 0.3 is 0 Å². The van der Waals surface area contributed by atoms with E-state index < -0.39 is 0 Å². The minimum Gasteiger partial charge on any atom is -0.490 e. The topological polar surface area (TPSA) is 21.3 Å². The van der Waals surface area contributed by atoms with Crippen LogP contribution in [-0.2, 0) is 5.41 Å². The monoisotopic (exact) mass is 311 g/mol. The molecule has 2 rings (SSSR count). The van der Waals surface area contributed by atoms with Crippen molar-refractivity contribution >= 4 is 15.9 Å². The van der Waals surface area contributed by atoms with Gasteiger partial charge in [-0.3, -0.25) is 0 Å². The largest absolute Gasteiger partial charge is 0.490 e. The van der Waals surface area contributed by atoms with Crippen molar-refractivity contribution in [2.24, 2.45) is 0 Å². The van der Waals surface area contributed by atoms with E-state index in [1.807, 2.05) is 0 Å². The molecule has 0 bridgehead atoms.